The summed E-state index contributed by atoms with van der Waals surface area (Å²) in [6, 6.07) is 10.6. The third-order valence-electron chi connectivity index (χ3n) is 4.83. The predicted molar refractivity (Wildman–Crippen MR) is 97.5 cm³/mol. The summed E-state index contributed by atoms with van der Waals surface area (Å²) in [5.74, 6) is 0.656. The lowest BCUT2D eigenvalue weighted by Crippen LogP contribution is -2.38. The van der Waals surface area contributed by atoms with E-state index in [0.29, 0.717) is 23.9 Å². The van der Waals surface area contributed by atoms with Gasteiger partial charge in [0.15, 0.2) is 5.89 Å². The number of benzene rings is 1. The highest BCUT2D eigenvalue weighted by atomic mass is 16.4. The second-order valence-corrected chi connectivity index (χ2v) is 6.73. The topological polar surface area (TPSA) is 58.4 Å². The molecule has 2 aromatic rings. The van der Waals surface area contributed by atoms with Crippen molar-refractivity contribution in [2.24, 2.45) is 0 Å². The molecule has 0 unspecified atom stereocenters. The number of likely N-dealkylation sites (tertiary alicyclic amines) is 1. The maximum Gasteiger partial charge on any atom is 0.289 e. The lowest BCUT2D eigenvalue weighted by Gasteiger charge is -2.31. The fourth-order valence-corrected chi connectivity index (χ4v) is 3.55. The smallest absolute Gasteiger partial charge is 0.289 e. The zero-order valence-corrected chi connectivity index (χ0v) is 15.1. The average molecular weight is 341 g/mol. The Hall–Kier alpha value is -2.14. The summed E-state index contributed by atoms with van der Waals surface area (Å²) in [5.41, 5.74) is 1.89. The van der Waals surface area contributed by atoms with Gasteiger partial charge in [-0.15, -0.1) is 0 Å². The standard InChI is InChI=1S/C20H27N3O2/c1-15-19(25-16(2)22-15)20(24)21-14-18(17-10-6-5-7-11-17)23-12-8-3-4-9-13-23/h5-7,10-11,18H,3-4,8-9,12-14H2,1-2H3,(H,21,24)/t18-/m1/s1. The van der Waals surface area contributed by atoms with Crippen molar-refractivity contribution in [3.63, 3.8) is 0 Å². The van der Waals surface area contributed by atoms with Gasteiger partial charge in [0.1, 0.15) is 0 Å². The normalized spacial score (nSPS) is 17.0. The second kappa shape index (κ2) is 8.30. The Bertz CT molecular complexity index is 688. The number of carbonyl (C=O) groups is 1. The van der Waals surface area contributed by atoms with Crippen molar-refractivity contribution in [2.45, 2.75) is 45.6 Å². The van der Waals surface area contributed by atoms with Crippen LogP contribution in [0.15, 0.2) is 34.7 Å². The molecule has 1 N–H and O–H groups in total. The Labute approximate surface area is 149 Å². The van der Waals surface area contributed by atoms with Crippen molar-refractivity contribution in [1.29, 1.82) is 0 Å². The van der Waals surface area contributed by atoms with Crippen LogP contribution in [-0.4, -0.2) is 35.4 Å². The van der Waals surface area contributed by atoms with Gasteiger partial charge in [0.25, 0.3) is 5.91 Å². The number of oxazole rings is 1. The fraction of sp³-hybridized carbons (Fsp3) is 0.500. The maximum atomic E-state index is 12.5. The molecule has 0 bridgehead atoms. The van der Waals surface area contributed by atoms with E-state index in [2.05, 4.69) is 39.5 Å². The minimum atomic E-state index is -0.186. The summed E-state index contributed by atoms with van der Waals surface area (Å²) >= 11 is 0. The molecular weight excluding hydrogens is 314 g/mol. The van der Waals surface area contributed by atoms with Crippen molar-refractivity contribution in [3.8, 4) is 0 Å². The summed E-state index contributed by atoms with van der Waals surface area (Å²) in [4.78, 5) is 19.2. The van der Waals surface area contributed by atoms with Crippen LogP contribution in [0.25, 0.3) is 0 Å². The number of nitrogens with zero attached hydrogens (tertiary/aromatic N) is 2. The summed E-state index contributed by atoms with van der Waals surface area (Å²) in [6.07, 6.45) is 5.02. The van der Waals surface area contributed by atoms with Crippen LogP contribution in [0, 0.1) is 13.8 Å². The van der Waals surface area contributed by atoms with Gasteiger partial charge in [-0.3, -0.25) is 9.69 Å². The van der Waals surface area contributed by atoms with Crippen molar-refractivity contribution in [3.05, 3.63) is 53.2 Å². The van der Waals surface area contributed by atoms with E-state index >= 15 is 0 Å². The van der Waals surface area contributed by atoms with Crippen LogP contribution < -0.4 is 5.32 Å². The van der Waals surface area contributed by atoms with E-state index in [1.165, 1.54) is 31.2 Å². The zero-order chi connectivity index (χ0) is 17.6. The Morgan fingerprint density at radius 1 is 1.16 bits per heavy atom. The Kier molecular flexibility index (Phi) is 5.87. The van der Waals surface area contributed by atoms with E-state index in [0.717, 1.165) is 13.1 Å². The molecule has 5 heteroatoms. The van der Waals surface area contributed by atoms with Gasteiger partial charge in [-0.2, -0.15) is 0 Å². The van der Waals surface area contributed by atoms with Gasteiger partial charge in [-0.05, 0) is 38.4 Å². The van der Waals surface area contributed by atoms with E-state index in [-0.39, 0.29) is 11.9 Å². The monoisotopic (exact) mass is 341 g/mol. The first-order valence-corrected chi connectivity index (χ1v) is 9.16. The van der Waals surface area contributed by atoms with Crippen LogP contribution in [0.2, 0.25) is 0 Å². The second-order valence-electron chi connectivity index (χ2n) is 6.73. The molecule has 1 aromatic carbocycles. The van der Waals surface area contributed by atoms with Crippen LogP contribution in [0.4, 0.5) is 0 Å². The number of nitrogens with one attached hydrogen (secondary N) is 1. The summed E-state index contributed by atoms with van der Waals surface area (Å²) in [5, 5.41) is 3.06. The van der Waals surface area contributed by atoms with Crippen molar-refractivity contribution in [1.82, 2.24) is 15.2 Å². The Morgan fingerprint density at radius 3 is 2.44 bits per heavy atom. The molecule has 1 aromatic heterocycles. The molecule has 0 aliphatic carbocycles. The molecule has 0 spiro atoms. The molecule has 1 atom stereocenters. The lowest BCUT2D eigenvalue weighted by molar-refractivity contribution is 0.0903. The van der Waals surface area contributed by atoms with Crippen molar-refractivity contribution >= 4 is 5.91 Å². The maximum absolute atomic E-state index is 12.5. The van der Waals surface area contributed by atoms with Crippen LogP contribution in [0.1, 0.15) is 59.4 Å². The molecule has 5 nitrogen and oxygen atoms in total. The first-order chi connectivity index (χ1) is 12.1. The number of carbonyl (C=O) groups excluding carboxylic acids is 1. The highest BCUT2D eigenvalue weighted by Gasteiger charge is 2.23. The minimum absolute atomic E-state index is 0.186. The highest BCUT2D eigenvalue weighted by Crippen LogP contribution is 2.24. The minimum Gasteiger partial charge on any atom is -0.436 e. The van der Waals surface area contributed by atoms with Gasteiger partial charge < -0.3 is 9.73 Å². The van der Waals surface area contributed by atoms with Gasteiger partial charge in [0, 0.05) is 13.5 Å². The molecule has 134 valence electrons. The number of hydrogen-bond donors (Lipinski definition) is 1. The van der Waals surface area contributed by atoms with E-state index in [9.17, 15) is 4.79 Å². The SMILES string of the molecule is Cc1nc(C)c(C(=O)NC[C@H](c2ccccc2)N2CCCCCC2)o1. The first kappa shape index (κ1) is 17.7. The van der Waals surface area contributed by atoms with Crippen LogP contribution >= 0.6 is 0 Å². The molecule has 3 rings (SSSR count). The Balaban J connectivity index is 1.73. The Morgan fingerprint density at radius 2 is 1.84 bits per heavy atom. The molecule has 1 fully saturated rings. The van der Waals surface area contributed by atoms with E-state index < -0.39 is 0 Å². The predicted octanol–water partition coefficient (Wildman–Crippen LogP) is 3.64. The molecule has 2 heterocycles. The summed E-state index contributed by atoms with van der Waals surface area (Å²) in [6.45, 7) is 6.29. The summed E-state index contributed by atoms with van der Waals surface area (Å²) < 4.78 is 5.44. The van der Waals surface area contributed by atoms with Crippen LogP contribution in [-0.2, 0) is 0 Å². The average Bonchev–Trinajstić information content (AvgIpc) is 2.80. The molecule has 1 aliphatic rings. The third-order valence-corrected chi connectivity index (χ3v) is 4.83. The zero-order valence-electron chi connectivity index (χ0n) is 15.1. The molecule has 25 heavy (non-hydrogen) atoms. The van der Waals surface area contributed by atoms with Crippen molar-refractivity contribution in [2.75, 3.05) is 19.6 Å². The molecule has 1 amide bonds. The van der Waals surface area contributed by atoms with Gasteiger partial charge in [0.05, 0.1) is 11.7 Å². The largest absolute Gasteiger partial charge is 0.436 e. The van der Waals surface area contributed by atoms with E-state index in [1.807, 2.05) is 6.07 Å². The van der Waals surface area contributed by atoms with Gasteiger partial charge >= 0.3 is 0 Å². The molecule has 0 saturated carbocycles. The van der Waals surface area contributed by atoms with Gasteiger partial charge in [0.2, 0.25) is 5.76 Å². The number of amides is 1. The molecular formula is C20H27N3O2. The third kappa shape index (κ3) is 4.48. The molecule has 1 aliphatic heterocycles. The number of hydrogen-bond acceptors (Lipinski definition) is 4. The van der Waals surface area contributed by atoms with Crippen molar-refractivity contribution < 1.29 is 9.21 Å². The quantitative estimate of drug-likeness (QED) is 0.902. The fourth-order valence-electron chi connectivity index (χ4n) is 3.55. The van der Waals surface area contributed by atoms with E-state index in [4.69, 9.17) is 4.42 Å². The molecule has 1 saturated heterocycles. The number of rotatable bonds is 5. The van der Waals surface area contributed by atoms with Gasteiger partial charge in [-0.1, -0.05) is 43.2 Å². The van der Waals surface area contributed by atoms with Crippen LogP contribution in [0.5, 0.6) is 0 Å². The van der Waals surface area contributed by atoms with Gasteiger partial charge in [-0.25, -0.2) is 4.98 Å². The highest BCUT2D eigenvalue weighted by molar-refractivity contribution is 5.92. The number of aromatic nitrogens is 1. The number of aryl methyl sites for hydroxylation is 2. The first-order valence-electron chi connectivity index (χ1n) is 9.16. The van der Waals surface area contributed by atoms with E-state index in [1.54, 1.807) is 13.8 Å². The van der Waals surface area contributed by atoms with Crippen LogP contribution in [0.3, 0.4) is 0 Å². The lowest BCUT2D eigenvalue weighted by atomic mass is 10.0. The molecule has 0 radical (unpaired) electrons. The summed E-state index contributed by atoms with van der Waals surface area (Å²) in [7, 11) is 0.